The van der Waals surface area contributed by atoms with Gasteiger partial charge >= 0.3 is 5.97 Å². The number of ketones is 1. The lowest BCUT2D eigenvalue weighted by molar-refractivity contribution is -0.118. The summed E-state index contributed by atoms with van der Waals surface area (Å²) in [5, 5.41) is 9.12. The first kappa shape index (κ1) is 14.9. The molecule has 0 bridgehead atoms. The summed E-state index contributed by atoms with van der Waals surface area (Å²) in [5.41, 5.74) is 1.57. The highest BCUT2D eigenvalue weighted by molar-refractivity contribution is 6.00. The van der Waals surface area contributed by atoms with Crippen molar-refractivity contribution >= 4 is 17.3 Å². The molecule has 1 aliphatic carbocycles. The molecule has 0 aliphatic heterocycles. The predicted molar refractivity (Wildman–Crippen MR) is 75.8 cm³/mol. The van der Waals surface area contributed by atoms with Gasteiger partial charge in [-0.25, -0.2) is 14.8 Å². The molecule has 0 fully saturated rings. The van der Waals surface area contributed by atoms with Gasteiger partial charge in [-0.1, -0.05) is 6.08 Å². The Morgan fingerprint density at radius 3 is 2.48 bits per heavy atom. The number of rotatable bonds is 4. The number of nitrogens with zero attached hydrogens (tertiary/aromatic N) is 2. The fourth-order valence-corrected chi connectivity index (χ4v) is 2.17. The van der Waals surface area contributed by atoms with Crippen LogP contribution in [0.25, 0.3) is 5.57 Å². The van der Waals surface area contributed by atoms with Gasteiger partial charge in [0.05, 0.1) is 18.0 Å². The van der Waals surface area contributed by atoms with Crippen molar-refractivity contribution in [3.05, 3.63) is 40.7 Å². The zero-order chi connectivity index (χ0) is 15.6. The number of carboxylic acids is 1. The quantitative estimate of drug-likeness (QED) is 0.912. The van der Waals surface area contributed by atoms with E-state index >= 15 is 0 Å². The van der Waals surface area contributed by atoms with Crippen LogP contribution in [0.4, 0.5) is 0 Å². The normalized spacial score (nSPS) is 14.5. The average Bonchev–Trinajstić information content (AvgIpc) is 2.40. The third kappa shape index (κ3) is 2.99. The van der Waals surface area contributed by atoms with E-state index in [1.54, 1.807) is 32.9 Å². The number of allylic oxidation sites excluding steroid dienone is 4. The number of aryl methyl sites for hydroxylation is 2. The van der Waals surface area contributed by atoms with Crippen LogP contribution >= 0.6 is 0 Å². The van der Waals surface area contributed by atoms with Crippen LogP contribution in [-0.4, -0.2) is 33.4 Å². The van der Waals surface area contributed by atoms with Crippen molar-refractivity contribution in [3.8, 4) is 0 Å². The maximum Gasteiger partial charge on any atom is 0.339 e. The van der Waals surface area contributed by atoms with Crippen molar-refractivity contribution < 1.29 is 19.4 Å². The summed E-state index contributed by atoms with van der Waals surface area (Å²) in [6, 6.07) is 0. The summed E-state index contributed by atoms with van der Waals surface area (Å²) in [7, 11) is 0. The van der Waals surface area contributed by atoms with Crippen LogP contribution in [0.3, 0.4) is 0 Å². The lowest BCUT2D eigenvalue weighted by Crippen LogP contribution is -2.13. The number of aromatic carboxylic acids is 1. The minimum Gasteiger partial charge on any atom is -0.490 e. The highest BCUT2D eigenvalue weighted by atomic mass is 16.5. The third-order valence-electron chi connectivity index (χ3n) is 3.11. The van der Waals surface area contributed by atoms with Crippen molar-refractivity contribution in [2.45, 2.75) is 27.2 Å². The lowest BCUT2D eigenvalue weighted by atomic mass is 10.0. The van der Waals surface area contributed by atoms with E-state index in [0.717, 1.165) is 0 Å². The van der Waals surface area contributed by atoms with Crippen LogP contribution in [0.1, 0.15) is 40.9 Å². The summed E-state index contributed by atoms with van der Waals surface area (Å²) in [5.74, 6) is -0.443. The summed E-state index contributed by atoms with van der Waals surface area (Å²) in [6.07, 6.45) is 3.55. The molecular formula is C15H16N2O4. The van der Waals surface area contributed by atoms with Crippen LogP contribution in [0.15, 0.2) is 17.9 Å². The highest BCUT2D eigenvalue weighted by Crippen LogP contribution is 2.23. The first-order valence-electron chi connectivity index (χ1n) is 6.60. The van der Waals surface area contributed by atoms with Crippen LogP contribution in [0.2, 0.25) is 0 Å². The number of hydrogen-bond acceptors (Lipinski definition) is 5. The van der Waals surface area contributed by atoms with Crippen molar-refractivity contribution in [2.24, 2.45) is 0 Å². The minimum atomic E-state index is -1.05. The van der Waals surface area contributed by atoms with Crippen LogP contribution in [0, 0.1) is 13.8 Å². The van der Waals surface area contributed by atoms with Crippen molar-refractivity contribution in [1.82, 2.24) is 9.97 Å². The molecule has 0 atom stereocenters. The molecule has 1 aliphatic rings. The Balaban J connectivity index is 2.44. The first-order chi connectivity index (χ1) is 9.93. The smallest absolute Gasteiger partial charge is 0.339 e. The summed E-state index contributed by atoms with van der Waals surface area (Å²) in [4.78, 5) is 31.3. The number of ether oxygens (including phenoxy) is 1. The Morgan fingerprint density at radius 1 is 1.33 bits per heavy atom. The van der Waals surface area contributed by atoms with E-state index in [1.165, 1.54) is 0 Å². The zero-order valence-corrected chi connectivity index (χ0v) is 12.1. The molecule has 0 saturated heterocycles. The van der Waals surface area contributed by atoms with Gasteiger partial charge in [0.25, 0.3) is 0 Å². The second-order valence-corrected chi connectivity index (χ2v) is 4.63. The third-order valence-corrected chi connectivity index (χ3v) is 3.11. The van der Waals surface area contributed by atoms with Crippen LogP contribution < -0.4 is 0 Å². The standard InChI is InChI=1S/C15H16N2O4/c1-4-21-12-7-10(5-6-11(12)18)14-16-8(2)13(15(19)20)9(3)17-14/h5,7H,4,6H2,1-3H3,(H,19,20). The van der Waals surface area contributed by atoms with Gasteiger partial charge in [-0.05, 0) is 26.8 Å². The number of aromatic nitrogens is 2. The molecule has 0 spiro atoms. The Hall–Kier alpha value is -2.50. The van der Waals surface area contributed by atoms with Gasteiger partial charge in [0.15, 0.2) is 11.6 Å². The Labute approximate surface area is 122 Å². The molecule has 6 nitrogen and oxygen atoms in total. The molecular weight excluding hydrogens is 272 g/mol. The molecule has 2 rings (SSSR count). The van der Waals surface area contributed by atoms with Crippen LogP contribution in [0.5, 0.6) is 0 Å². The van der Waals surface area contributed by atoms with Gasteiger partial charge < -0.3 is 9.84 Å². The second kappa shape index (κ2) is 5.87. The number of hydrogen-bond donors (Lipinski definition) is 1. The lowest BCUT2D eigenvalue weighted by Gasteiger charge is -2.14. The summed E-state index contributed by atoms with van der Waals surface area (Å²) < 4.78 is 5.29. The molecule has 1 aromatic rings. The number of Topliss-reactive ketones (excluding diaryl/α,β-unsaturated/α-hetero) is 1. The largest absolute Gasteiger partial charge is 0.490 e. The molecule has 0 saturated carbocycles. The molecule has 1 aromatic heterocycles. The van der Waals surface area contributed by atoms with Crippen molar-refractivity contribution in [2.75, 3.05) is 6.61 Å². The van der Waals surface area contributed by atoms with E-state index in [0.29, 0.717) is 29.4 Å². The van der Waals surface area contributed by atoms with E-state index in [1.807, 2.05) is 0 Å². The Morgan fingerprint density at radius 2 is 1.95 bits per heavy atom. The van der Waals surface area contributed by atoms with Gasteiger partial charge in [0.1, 0.15) is 5.56 Å². The Kier molecular flexibility index (Phi) is 4.16. The average molecular weight is 288 g/mol. The van der Waals surface area contributed by atoms with Gasteiger partial charge in [-0.3, -0.25) is 4.79 Å². The molecule has 6 heteroatoms. The predicted octanol–water partition coefficient (Wildman–Crippen LogP) is 2.07. The fourth-order valence-electron chi connectivity index (χ4n) is 2.17. The summed E-state index contributed by atoms with van der Waals surface area (Å²) >= 11 is 0. The van der Waals surface area contributed by atoms with Gasteiger partial charge in [-0.2, -0.15) is 0 Å². The minimum absolute atomic E-state index is 0.0869. The van der Waals surface area contributed by atoms with E-state index in [9.17, 15) is 9.59 Å². The molecule has 0 amide bonds. The van der Waals surface area contributed by atoms with E-state index < -0.39 is 5.97 Å². The van der Waals surface area contributed by atoms with E-state index in [2.05, 4.69) is 9.97 Å². The highest BCUT2D eigenvalue weighted by Gasteiger charge is 2.20. The molecule has 1 N–H and O–H groups in total. The van der Waals surface area contributed by atoms with Gasteiger partial charge in [-0.15, -0.1) is 0 Å². The van der Waals surface area contributed by atoms with E-state index in [4.69, 9.17) is 9.84 Å². The molecule has 1 heterocycles. The second-order valence-electron chi connectivity index (χ2n) is 4.63. The Bertz CT molecular complexity index is 651. The molecule has 110 valence electrons. The molecule has 0 radical (unpaired) electrons. The maximum atomic E-state index is 11.7. The van der Waals surface area contributed by atoms with Crippen molar-refractivity contribution in [1.29, 1.82) is 0 Å². The first-order valence-corrected chi connectivity index (χ1v) is 6.60. The van der Waals surface area contributed by atoms with E-state index in [-0.39, 0.29) is 23.5 Å². The maximum absolute atomic E-state index is 11.7. The molecule has 0 aromatic carbocycles. The number of carbonyl (C=O) groups is 2. The van der Waals surface area contributed by atoms with Crippen LogP contribution in [-0.2, 0) is 9.53 Å². The number of carbonyl (C=O) groups excluding carboxylic acids is 1. The molecule has 21 heavy (non-hydrogen) atoms. The zero-order valence-electron chi connectivity index (χ0n) is 12.1. The molecule has 0 unspecified atom stereocenters. The topological polar surface area (TPSA) is 89.4 Å². The summed E-state index contributed by atoms with van der Waals surface area (Å²) in [6.45, 7) is 5.47. The van der Waals surface area contributed by atoms with Gasteiger partial charge in [0.2, 0.25) is 5.78 Å². The number of carboxylic acid groups (broad SMARTS) is 1. The van der Waals surface area contributed by atoms with Gasteiger partial charge in [0, 0.05) is 12.0 Å². The van der Waals surface area contributed by atoms with Crippen molar-refractivity contribution in [3.63, 3.8) is 0 Å². The SMILES string of the molecule is CCOC1=CC(c2nc(C)c(C(=O)O)c(C)n2)=CCC1=O. The monoisotopic (exact) mass is 288 g/mol. The fraction of sp³-hybridized carbons (Fsp3) is 0.333.